The van der Waals surface area contributed by atoms with Crippen LogP contribution in [0.4, 0.5) is 0 Å². The maximum atomic E-state index is 9.95. The Morgan fingerprint density at radius 2 is 2.28 bits per heavy atom. The van der Waals surface area contributed by atoms with Crippen molar-refractivity contribution >= 4 is 0 Å². The van der Waals surface area contributed by atoms with Gasteiger partial charge in [-0.05, 0) is 31.6 Å². The van der Waals surface area contributed by atoms with Crippen LogP contribution >= 0.6 is 0 Å². The molecule has 0 bridgehead atoms. The standard InChI is InChI=1S/C16H26O2/c1-2-3-4-7-14(17)8-10-16-9-5-6-13(16)11-15(18)12-16/h5,8-10,13-15,17-18H,2-4,6-7,11-12H2,1H3/b10-8+/t13?,14-,15?,16?/m1/s1. The first-order valence-electron chi connectivity index (χ1n) is 7.39. The van der Waals surface area contributed by atoms with Crippen molar-refractivity contribution in [3.8, 4) is 0 Å². The molecule has 0 radical (unpaired) electrons. The van der Waals surface area contributed by atoms with Gasteiger partial charge in [0, 0.05) is 5.41 Å². The molecule has 0 aromatic rings. The summed E-state index contributed by atoms with van der Waals surface area (Å²) in [5, 5.41) is 19.8. The topological polar surface area (TPSA) is 40.5 Å². The minimum absolute atomic E-state index is 0.0329. The summed E-state index contributed by atoms with van der Waals surface area (Å²) in [4.78, 5) is 0. The fourth-order valence-electron chi connectivity index (χ4n) is 3.43. The van der Waals surface area contributed by atoms with Crippen LogP contribution in [-0.2, 0) is 0 Å². The maximum absolute atomic E-state index is 9.95. The van der Waals surface area contributed by atoms with E-state index >= 15 is 0 Å². The van der Waals surface area contributed by atoms with Gasteiger partial charge in [0.25, 0.3) is 0 Å². The molecule has 0 spiro atoms. The highest BCUT2D eigenvalue weighted by Crippen LogP contribution is 2.51. The van der Waals surface area contributed by atoms with Gasteiger partial charge >= 0.3 is 0 Å². The molecule has 18 heavy (non-hydrogen) atoms. The minimum Gasteiger partial charge on any atom is -0.393 e. The van der Waals surface area contributed by atoms with Crippen molar-refractivity contribution in [1.82, 2.24) is 0 Å². The Morgan fingerprint density at radius 1 is 1.44 bits per heavy atom. The Kier molecular flexibility index (Phi) is 4.63. The molecule has 4 atom stereocenters. The normalized spacial score (nSPS) is 36.4. The lowest BCUT2D eigenvalue weighted by Crippen LogP contribution is -2.17. The summed E-state index contributed by atoms with van der Waals surface area (Å²) in [5.74, 6) is 0.548. The van der Waals surface area contributed by atoms with Gasteiger partial charge in [-0.15, -0.1) is 0 Å². The van der Waals surface area contributed by atoms with Crippen LogP contribution in [0.15, 0.2) is 24.3 Å². The molecule has 2 nitrogen and oxygen atoms in total. The van der Waals surface area contributed by atoms with Gasteiger partial charge in [0.05, 0.1) is 12.2 Å². The van der Waals surface area contributed by atoms with Crippen molar-refractivity contribution in [3.05, 3.63) is 24.3 Å². The summed E-state index contributed by atoms with van der Waals surface area (Å²) in [6, 6.07) is 0. The molecule has 102 valence electrons. The molecule has 2 heteroatoms. The van der Waals surface area contributed by atoms with E-state index in [0.29, 0.717) is 5.92 Å². The summed E-state index contributed by atoms with van der Waals surface area (Å²) in [7, 11) is 0. The predicted molar refractivity (Wildman–Crippen MR) is 74.2 cm³/mol. The van der Waals surface area contributed by atoms with Crippen molar-refractivity contribution in [3.63, 3.8) is 0 Å². The minimum atomic E-state index is -0.321. The van der Waals surface area contributed by atoms with E-state index in [-0.39, 0.29) is 17.6 Å². The molecule has 1 fully saturated rings. The van der Waals surface area contributed by atoms with Crippen LogP contribution in [0.5, 0.6) is 0 Å². The summed E-state index contributed by atoms with van der Waals surface area (Å²) in [6.45, 7) is 2.18. The Hall–Kier alpha value is -0.600. The number of allylic oxidation sites excluding steroid dienone is 3. The average molecular weight is 250 g/mol. The van der Waals surface area contributed by atoms with Gasteiger partial charge in [0.1, 0.15) is 0 Å². The lowest BCUT2D eigenvalue weighted by molar-refractivity contribution is 0.173. The third-order valence-corrected chi connectivity index (χ3v) is 4.49. The Labute approximate surface area is 110 Å². The summed E-state index contributed by atoms with van der Waals surface area (Å²) < 4.78 is 0. The molecule has 0 aromatic heterocycles. The number of aliphatic hydroxyl groups is 2. The van der Waals surface area contributed by atoms with E-state index in [9.17, 15) is 10.2 Å². The Balaban J connectivity index is 1.89. The fourth-order valence-corrected chi connectivity index (χ4v) is 3.43. The predicted octanol–water partition coefficient (Wildman–Crippen LogP) is 3.20. The van der Waals surface area contributed by atoms with E-state index < -0.39 is 0 Å². The molecule has 0 heterocycles. The van der Waals surface area contributed by atoms with Crippen molar-refractivity contribution in [2.75, 3.05) is 0 Å². The second kappa shape index (κ2) is 6.03. The van der Waals surface area contributed by atoms with Crippen molar-refractivity contribution < 1.29 is 10.2 Å². The van der Waals surface area contributed by atoms with Gasteiger partial charge in [-0.25, -0.2) is 0 Å². The summed E-state index contributed by atoms with van der Waals surface area (Å²) >= 11 is 0. The Morgan fingerprint density at radius 3 is 3.06 bits per heavy atom. The quantitative estimate of drug-likeness (QED) is 0.561. The van der Waals surface area contributed by atoms with E-state index in [2.05, 4.69) is 25.2 Å². The third kappa shape index (κ3) is 3.04. The first-order valence-corrected chi connectivity index (χ1v) is 7.39. The molecular formula is C16H26O2. The van der Waals surface area contributed by atoms with E-state index in [1.54, 1.807) is 0 Å². The van der Waals surface area contributed by atoms with E-state index in [4.69, 9.17) is 0 Å². The zero-order valence-electron chi connectivity index (χ0n) is 11.4. The van der Waals surface area contributed by atoms with Crippen molar-refractivity contribution in [2.24, 2.45) is 11.3 Å². The van der Waals surface area contributed by atoms with Crippen molar-refractivity contribution in [1.29, 1.82) is 0 Å². The lowest BCUT2D eigenvalue weighted by atomic mass is 9.80. The highest BCUT2D eigenvalue weighted by atomic mass is 16.3. The van der Waals surface area contributed by atoms with E-state index in [1.807, 2.05) is 6.08 Å². The van der Waals surface area contributed by atoms with Gasteiger partial charge in [0.2, 0.25) is 0 Å². The molecule has 0 saturated heterocycles. The first-order chi connectivity index (χ1) is 8.66. The van der Waals surface area contributed by atoms with Crippen LogP contribution in [0, 0.1) is 11.3 Å². The first kappa shape index (κ1) is 13.8. The maximum Gasteiger partial charge on any atom is 0.0721 e. The molecule has 0 aromatic carbocycles. The average Bonchev–Trinajstić information content (AvgIpc) is 2.83. The van der Waals surface area contributed by atoms with Gasteiger partial charge in [-0.1, -0.05) is 50.5 Å². The Bertz CT molecular complexity index is 321. The lowest BCUT2D eigenvalue weighted by Gasteiger charge is -2.24. The van der Waals surface area contributed by atoms with E-state index in [1.165, 1.54) is 12.8 Å². The van der Waals surface area contributed by atoms with Gasteiger partial charge in [-0.2, -0.15) is 0 Å². The SMILES string of the molecule is CCCCC[C@@H](O)/C=C/C12C=CCC1CC(O)C2. The summed E-state index contributed by atoms with van der Waals surface area (Å²) in [5.41, 5.74) is 0.0329. The molecule has 2 aliphatic carbocycles. The van der Waals surface area contributed by atoms with Gasteiger partial charge < -0.3 is 10.2 Å². The number of hydrogen-bond donors (Lipinski definition) is 2. The van der Waals surface area contributed by atoms with Crippen LogP contribution < -0.4 is 0 Å². The van der Waals surface area contributed by atoms with E-state index in [0.717, 1.165) is 32.1 Å². The number of hydrogen-bond acceptors (Lipinski definition) is 2. The van der Waals surface area contributed by atoms with Crippen molar-refractivity contribution in [2.45, 2.75) is 64.1 Å². The van der Waals surface area contributed by atoms with Crippen LogP contribution in [-0.4, -0.2) is 22.4 Å². The van der Waals surface area contributed by atoms with Gasteiger partial charge in [-0.3, -0.25) is 0 Å². The molecule has 2 N–H and O–H groups in total. The molecule has 0 amide bonds. The third-order valence-electron chi connectivity index (χ3n) is 4.49. The molecule has 2 rings (SSSR count). The number of fused-ring (bicyclic) bond motifs is 1. The zero-order chi connectivity index (χ0) is 13.0. The highest BCUT2D eigenvalue weighted by molar-refractivity contribution is 5.24. The van der Waals surface area contributed by atoms with Crippen LogP contribution in [0.2, 0.25) is 0 Å². The summed E-state index contributed by atoms with van der Waals surface area (Å²) in [6.07, 6.45) is 15.2. The van der Waals surface area contributed by atoms with Crippen LogP contribution in [0.25, 0.3) is 0 Å². The van der Waals surface area contributed by atoms with Crippen LogP contribution in [0.3, 0.4) is 0 Å². The fraction of sp³-hybridized carbons (Fsp3) is 0.750. The second-order valence-corrected chi connectivity index (χ2v) is 5.96. The zero-order valence-corrected chi connectivity index (χ0v) is 11.4. The number of rotatable bonds is 6. The largest absolute Gasteiger partial charge is 0.393 e. The number of unbranched alkanes of at least 4 members (excludes halogenated alkanes) is 2. The molecule has 3 unspecified atom stereocenters. The second-order valence-electron chi connectivity index (χ2n) is 5.96. The van der Waals surface area contributed by atoms with Crippen LogP contribution in [0.1, 0.15) is 51.9 Å². The molecule has 1 saturated carbocycles. The number of aliphatic hydroxyl groups excluding tert-OH is 2. The molecule has 0 aliphatic heterocycles. The van der Waals surface area contributed by atoms with Gasteiger partial charge in [0.15, 0.2) is 0 Å². The highest BCUT2D eigenvalue weighted by Gasteiger charge is 2.45. The smallest absolute Gasteiger partial charge is 0.0721 e. The molecule has 2 aliphatic rings. The molecular weight excluding hydrogens is 224 g/mol. The monoisotopic (exact) mass is 250 g/mol.